The van der Waals surface area contributed by atoms with Gasteiger partial charge < -0.3 is 0 Å². The normalized spacial score (nSPS) is 9.92. The molecular weight excluding hydrogens is 220 g/mol. The number of aromatic nitrogens is 1. The highest BCUT2D eigenvalue weighted by Crippen LogP contribution is 2.33. The smallest absolute Gasteiger partial charge is 0.129 e. The van der Waals surface area contributed by atoms with E-state index < -0.39 is 0 Å². The van der Waals surface area contributed by atoms with E-state index in [1.807, 2.05) is 6.26 Å². The van der Waals surface area contributed by atoms with Crippen molar-refractivity contribution in [1.29, 1.82) is 5.26 Å². The molecule has 0 N–H and O–H groups in total. The molecule has 0 amide bonds. The van der Waals surface area contributed by atoms with Gasteiger partial charge in [-0.25, -0.2) is 0 Å². The fourth-order valence-corrected chi connectivity index (χ4v) is 3.42. The Morgan fingerprint density at radius 1 is 1.62 bits per heavy atom. The van der Waals surface area contributed by atoms with Crippen molar-refractivity contribution in [3.05, 3.63) is 5.56 Å². The molecule has 0 fully saturated rings. The molecule has 13 heavy (non-hydrogen) atoms. The predicted octanol–water partition coefficient (Wildman–Crippen LogP) is 3.24. The highest BCUT2D eigenvalue weighted by atomic mass is 32.2. The average Bonchev–Trinajstić information content (AvgIpc) is 2.56. The van der Waals surface area contributed by atoms with Crippen LogP contribution in [-0.2, 0) is 0 Å². The van der Waals surface area contributed by atoms with Crippen LogP contribution in [-0.4, -0.2) is 16.4 Å². The molecule has 1 aromatic rings. The van der Waals surface area contributed by atoms with E-state index in [1.165, 1.54) is 23.3 Å². The summed E-state index contributed by atoms with van der Waals surface area (Å²) < 4.78 is 5.28. The Morgan fingerprint density at radius 2 is 2.38 bits per heavy atom. The minimum absolute atomic E-state index is 0.760. The van der Waals surface area contributed by atoms with Gasteiger partial charge in [-0.05, 0) is 30.0 Å². The molecule has 0 saturated heterocycles. The van der Waals surface area contributed by atoms with E-state index in [2.05, 4.69) is 17.4 Å². The summed E-state index contributed by atoms with van der Waals surface area (Å²) in [5, 5.41) is 9.78. The number of nitriles is 1. The zero-order valence-electron chi connectivity index (χ0n) is 7.53. The van der Waals surface area contributed by atoms with Gasteiger partial charge in [-0.1, -0.05) is 6.92 Å². The highest BCUT2D eigenvalue weighted by Gasteiger charge is 2.12. The molecule has 1 heterocycles. The summed E-state index contributed by atoms with van der Waals surface area (Å²) in [5.41, 5.74) is 0.760. The fraction of sp³-hybridized carbons (Fsp3) is 0.500. The maximum atomic E-state index is 8.91. The van der Waals surface area contributed by atoms with Gasteiger partial charge in [-0.2, -0.15) is 9.64 Å². The molecule has 0 aliphatic rings. The van der Waals surface area contributed by atoms with Gasteiger partial charge in [0.15, 0.2) is 0 Å². The van der Waals surface area contributed by atoms with Gasteiger partial charge in [0.25, 0.3) is 0 Å². The van der Waals surface area contributed by atoms with Crippen LogP contribution < -0.4 is 0 Å². The van der Waals surface area contributed by atoms with E-state index in [9.17, 15) is 0 Å². The molecular formula is C8H10N2S3. The van der Waals surface area contributed by atoms with Crippen molar-refractivity contribution in [1.82, 2.24) is 4.37 Å². The molecule has 70 valence electrons. The van der Waals surface area contributed by atoms with Gasteiger partial charge in [0.1, 0.15) is 16.7 Å². The molecule has 0 bridgehead atoms. The van der Waals surface area contributed by atoms with Crippen molar-refractivity contribution in [3.8, 4) is 6.07 Å². The van der Waals surface area contributed by atoms with Crippen LogP contribution in [0.1, 0.15) is 18.9 Å². The standard InChI is InChI=1S/C8H10N2S3/c1-3-4-12-8-6(5-9)7(11-2)10-13-8/h3-4H2,1-2H3. The van der Waals surface area contributed by atoms with Crippen LogP contribution in [0.15, 0.2) is 9.24 Å². The van der Waals surface area contributed by atoms with Crippen molar-refractivity contribution in [2.75, 3.05) is 12.0 Å². The molecule has 0 radical (unpaired) electrons. The molecule has 5 heteroatoms. The van der Waals surface area contributed by atoms with E-state index >= 15 is 0 Å². The van der Waals surface area contributed by atoms with E-state index in [0.29, 0.717) is 0 Å². The van der Waals surface area contributed by atoms with Crippen molar-refractivity contribution < 1.29 is 0 Å². The molecule has 2 nitrogen and oxygen atoms in total. The van der Waals surface area contributed by atoms with Crippen LogP contribution in [0, 0.1) is 11.3 Å². The molecule has 1 rings (SSSR count). The van der Waals surface area contributed by atoms with Crippen LogP contribution in [0.5, 0.6) is 0 Å². The van der Waals surface area contributed by atoms with E-state index in [4.69, 9.17) is 5.26 Å². The summed E-state index contributed by atoms with van der Waals surface area (Å²) in [7, 11) is 0. The first-order valence-corrected chi connectivity index (χ1v) is 6.88. The third kappa shape index (κ3) is 2.63. The summed E-state index contributed by atoms with van der Waals surface area (Å²) in [6.45, 7) is 2.13. The Labute approximate surface area is 90.9 Å². The lowest BCUT2D eigenvalue weighted by Gasteiger charge is -1.94. The summed E-state index contributed by atoms with van der Waals surface area (Å²) in [6, 6.07) is 2.21. The van der Waals surface area contributed by atoms with Crippen molar-refractivity contribution in [2.24, 2.45) is 0 Å². The molecule has 0 aliphatic heterocycles. The SMILES string of the molecule is CCCSc1snc(SC)c1C#N. The minimum Gasteiger partial charge on any atom is -0.192 e. The van der Waals surface area contributed by atoms with Gasteiger partial charge in [-0.3, -0.25) is 0 Å². The zero-order chi connectivity index (χ0) is 9.68. The number of hydrogen-bond donors (Lipinski definition) is 0. The first-order valence-electron chi connectivity index (χ1n) is 3.90. The van der Waals surface area contributed by atoms with Gasteiger partial charge in [0.2, 0.25) is 0 Å². The predicted molar refractivity (Wildman–Crippen MR) is 59.6 cm³/mol. The van der Waals surface area contributed by atoms with Crippen LogP contribution in [0.2, 0.25) is 0 Å². The Kier molecular flexibility index (Phi) is 4.64. The second kappa shape index (κ2) is 5.53. The third-order valence-corrected chi connectivity index (χ3v) is 4.47. The molecule has 1 aromatic heterocycles. The summed E-state index contributed by atoms with van der Waals surface area (Å²) in [5.74, 6) is 1.06. The second-order valence-corrected chi connectivity index (χ2v) is 5.25. The zero-order valence-corrected chi connectivity index (χ0v) is 9.98. The van der Waals surface area contributed by atoms with Gasteiger partial charge in [-0.15, -0.1) is 23.5 Å². The maximum absolute atomic E-state index is 8.91. The van der Waals surface area contributed by atoms with E-state index in [1.54, 1.807) is 11.8 Å². The Balaban J connectivity index is 2.83. The maximum Gasteiger partial charge on any atom is 0.129 e. The Hall–Kier alpha value is -0.180. The lowest BCUT2D eigenvalue weighted by Crippen LogP contribution is -1.78. The van der Waals surface area contributed by atoms with Crippen LogP contribution in [0.25, 0.3) is 0 Å². The van der Waals surface area contributed by atoms with Crippen molar-refractivity contribution in [2.45, 2.75) is 22.6 Å². The highest BCUT2D eigenvalue weighted by molar-refractivity contribution is 8.01. The largest absolute Gasteiger partial charge is 0.192 e. The van der Waals surface area contributed by atoms with Crippen LogP contribution in [0.4, 0.5) is 0 Å². The number of nitrogens with zero attached hydrogens (tertiary/aromatic N) is 2. The molecule has 0 aliphatic carbocycles. The lowest BCUT2D eigenvalue weighted by molar-refractivity contribution is 1.11. The molecule has 0 spiro atoms. The van der Waals surface area contributed by atoms with Gasteiger partial charge in [0, 0.05) is 0 Å². The van der Waals surface area contributed by atoms with Crippen molar-refractivity contribution in [3.63, 3.8) is 0 Å². The number of thioether (sulfide) groups is 2. The van der Waals surface area contributed by atoms with Crippen LogP contribution >= 0.6 is 35.1 Å². The third-order valence-electron chi connectivity index (χ3n) is 1.37. The lowest BCUT2D eigenvalue weighted by atomic mass is 10.4. The minimum atomic E-state index is 0.760. The molecule has 0 atom stereocenters. The summed E-state index contributed by atoms with van der Waals surface area (Å²) in [6.07, 6.45) is 3.08. The van der Waals surface area contributed by atoms with E-state index in [-0.39, 0.29) is 0 Å². The van der Waals surface area contributed by atoms with E-state index in [0.717, 1.165) is 27.0 Å². The quantitative estimate of drug-likeness (QED) is 0.744. The monoisotopic (exact) mass is 230 g/mol. The Bertz CT molecular complexity index is 314. The van der Waals surface area contributed by atoms with Gasteiger partial charge in [0.05, 0.1) is 4.21 Å². The molecule has 0 unspecified atom stereocenters. The summed E-state index contributed by atoms with van der Waals surface area (Å²) in [4.78, 5) is 0. The molecule has 0 saturated carbocycles. The second-order valence-electron chi connectivity index (χ2n) is 2.31. The summed E-state index contributed by atoms with van der Waals surface area (Å²) >= 11 is 4.70. The number of hydrogen-bond acceptors (Lipinski definition) is 5. The number of rotatable bonds is 4. The molecule has 0 aromatic carbocycles. The first-order chi connectivity index (χ1) is 6.33. The van der Waals surface area contributed by atoms with Crippen LogP contribution in [0.3, 0.4) is 0 Å². The topological polar surface area (TPSA) is 36.7 Å². The van der Waals surface area contributed by atoms with Crippen molar-refractivity contribution >= 4 is 35.1 Å². The Morgan fingerprint density at radius 3 is 2.92 bits per heavy atom. The first kappa shape index (κ1) is 10.9. The fourth-order valence-electron chi connectivity index (χ4n) is 0.788. The van der Waals surface area contributed by atoms with Gasteiger partial charge >= 0.3 is 0 Å². The average molecular weight is 230 g/mol.